The summed E-state index contributed by atoms with van der Waals surface area (Å²) >= 11 is 0. The molecule has 5 nitrogen and oxygen atoms in total. The lowest BCUT2D eigenvalue weighted by atomic mass is 10.1. The second-order valence-electron chi connectivity index (χ2n) is 4.62. The minimum Gasteiger partial charge on any atom is -0.493 e. The number of hydrogen-bond acceptors (Lipinski definition) is 4. The van der Waals surface area contributed by atoms with E-state index in [1.165, 1.54) is 0 Å². The summed E-state index contributed by atoms with van der Waals surface area (Å²) in [5.41, 5.74) is 0. The van der Waals surface area contributed by atoms with Gasteiger partial charge in [-0.3, -0.25) is 9.69 Å². The fraction of sp³-hybridized carbons (Fsp3) is 0.500. The number of carboxylic acids is 1. The number of hydrogen-bond donors (Lipinski definition) is 1. The fourth-order valence-corrected chi connectivity index (χ4v) is 2.26. The predicted octanol–water partition coefficient (Wildman–Crippen LogP) is 1.90. The Labute approximate surface area is 124 Å². The molecule has 112 valence electrons. The molecule has 1 N–H and O–H groups in total. The van der Waals surface area contributed by atoms with E-state index in [4.69, 9.17) is 14.6 Å². The van der Waals surface area contributed by atoms with E-state index in [9.17, 15) is 4.79 Å². The number of carbonyl (C=O) groups is 1. The third-order valence-electron chi connectivity index (χ3n) is 3.36. The Bertz CT molecular complexity index is 441. The Kier molecular flexibility index (Phi) is 6.61. The second kappa shape index (κ2) is 7.97. The van der Waals surface area contributed by atoms with Gasteiger partial charge in [-0.05, 0) is 25.1 Å². The molecule has 1 aliphatic heterocycles. The molecular weight excluding hydrogens is 282 g/mol. The summed E-state index contributed by atoms with van der Waals surface area (Å²) in [6.45, 7) is 2.71. The molecule has 0 bridgehead atoms. The van der Waals surface area contributed by atoms with Gasteiger partial charge in [-0.1, -0.05) is 12.1 Å². The number of methoxy groups -OCH3 is 1. The first kappa shape index (κ1) is 16.6. The third-order valence-corrected chi connectivity index (χ3v) is 3.36. The molecule has 2 rings (SSSR count). The van der Waals surface area contributed by atoms with Crippen molar-refractivity contribution in [2.24, 2.45) is 5.92 Å². The van der Waals surface area contributed by atoms with Crippen LogP contribution in [0.4, 0.5) is 0 Å². The molecule has 1 aromatic carbocycles. The van der Waals surface area contributed by atoms with Crippen LogP contribution >= 0.6 is 12.4 Å². The number of ether oxygens (including phenoxy) is 2. The minimum absolute atomic E-state index is 0. The summed E-state index contributed by atoms with van der Waals surface area (Å²) in [6.07, 6.45) is 0.726. The van der Waals surface area contributed by atoms with Crippen LogP contribution in [0.3, 0.4) is 0 Å². The number of likely N-dealkylation sites (tertiary alicyclic amines) is 1. The predicted molar refractivity (Wildman–Crippen MR) is 77.9 cm³/mol. The van der Waals surface area contributed by atoms with Gasteiger partial charge in [0.2, 0.25) is 0 Å². The SMILES string of the molecule is COc1ccccc1OCCN1CCC(C(=O)O)C1.Cl. The highest BCUT2D eigenvalue weighted by molar-refractivity contribution is 5.85. The lowest BCUT2D eigenvalue weighted by Crippen LogP contribution is -2.27. The van der Waals surface area contributed by atoms with Crippen molar-refractivity contribution < 1.29 is 19.4 Å². The van der Waals surface area contributed by atoms with Crippen molar-refractivity contribution in [3.63, 3.8) is 0 Å². The maximum Gasteiger partial charge on any atom is 0.307 e. The van der Waals surface area contributed by atoms with Crippen LogP contribution in [0.1, 0.15) is 6.42 Å². The van der Waals surface area contributed by atoms with E-state index in [1.807, 2.05) is 24.3 Å². The number of halogens is 1. The number of rotatable bonds is 6. The van der Waals surface area contributed by atoms with Crippen molar-refractivity contribution in [1.29, 1.82) is 0 Å². The quantitative estimate of drug-likeness (QED) is 0.869. The van der Waals surface area contributed by atoms with Crippen LogP contribution in [0, 0.1) is 5.92 Å². The topological polar surface area (TPSA) is 59.0 Å². The van der Waals surface area contributed by atoms with Gasteiger partial charge in [-0.2, -0.15) is 0 Å². The summed E-state index contributed by atoms with van der Waals surface area (Å²) in [5, 5.41) is 8.93. The Morgan fingerprint density at radius 3 is 2.70 bits per heavy atom. The summed E-state index contributed by atoms with van der Waals surface area (Å²) in [7, 11) is 1.61. The van der Waals surface area contributed by atoms with Crippen molar-refractivity contribution in [3.8, 4) is 11.5 Å². The molecule has 0 aliphatic carbocycles. The maximum atomic E-state index is 10.9. The van der Waals surface area contributed by atoms with Crippen LogP contribution in [-0.4, -0.2) is 49.3 Å². The molecule has 6 heteroatoms. The Hall–Kier alpha value is -1.46. The minimum atomic E-state index is -0.701. The molecule has 0 saturated carbocycles. The molecule has 20 heavy (non-hydrogen) atoms. The second-order valence-corrected chi connectivity index (χ2v) is 4.62. The van der Waals surface area contributed by atoms with Crippen LogP contribution in [-0.2, 0) is 4.79 Å². The number of benzene rings is 1. The van der Waals surface area contributed by atoms with E-state index in [1.54, 1.807) is 7.11 Å². The van der Waals surface area contributed by atoms with Gasteiger partial charge in [0.1, 0.15) is 6.61 Å². The van der Waals surface area contributed by atoms with Crippen molar-refractivity contribution in [2.75, 3.05) is 33.4 Å². The Morgan fingerprint density at radius 2 is 2.10 bits per heavy atom. The average Bonchev–Trinajstić information content (AvgIpc) is 2.88. The summed E-state index contributed by atoms with van der Waals surface area (Å²) in [5.74, 6) is 0.505. The summed E-state index contributed by atoms with van der Waals surface area (Å²) in [4.78, 5) is 13.0. The number of nitrogens with zero attached hydrogens (tertiary/aromatic N) is 1. The van der Waals surface area contributed by atoms with Gasteiger partial charge in [0.05, 0.1) is 13.0 Å². The van der Waals surface area contributed by atoms with Gasteiger partial charge in [0, 0.05) is 13.1 Å². The van der Waals surface area contributed by atoms with Gasteiger partial charge in [-0.15, -0.1) is 12.4 Å². The first-order valence-electron chi connectivity index (χ1n) is 6.41. The van der Waals surface area contributed by atoms with Crippen molar-refractivity contribution in [3.05, 3.63) is 24.3 Å². The van der Waals surface area contributed by atoms with Gasteiger partial charge in [-0.25, -0.2) is 0 Å². The molecule has 0 amide bonds. The van der Waals surface area contributed by atoms with E-state index >= 15 is 0 Å². The standard InChI is InChI=1S/C14H19NO4.ClH/c1-18-12-4-2-3-5-13(12)19-9-8-15-7-6-11(10-15)14(16)17;/h2-5,11H,6-10H2,1H3,(H,16,17);1H. The van der Waals surface area contributed by atoms with Crippen LogP contribution in [0.15, 0.2) is 24.3 Å². The monoisotopic (exact) mass is 301 g/mol. The van der Waals surface area contributed by atoms with Crippen molar-refractivity contribution in [2.45, 2.75) is 6.42 Å². The van der Waals surface area contributed by atoms with Gasteiger partial charge >= 0.3 is 5.97 Å². The molecule has 1 aromatic rings. The van der Waals surface area contributed by atoms with Gasteiger partial charge < -0.3 is 14.6 Å². The average molecular weight is 302 g/mol. The molecule has 1 aliphatic rings. The first-order chi connectivity index (χ1) is 9.20. The zero-order chi connectivity index (χ0) is 13.7. The summed E-state index contributed by atoms with van der Waals surface area (Å²) in [6, 6.07) is 7.51. The lowest BCUT2D eigenvalue weighted by Gasteiger charge is -2.16. The van der Waals surface area contributed by atoms with E-state index in [2.05, 4.69) is 4.90 Å². The van der Waals surface area contributed by atoms with Crippen LogP contribution in [0.2, 0.25) is 0 Å². The molecule has 1 heterocycles. The van der Waals surface area contributed by atoms with E-state index in [0.717, 1.165) is 25.3 Å². The Morgan fingerprint density at radius 1 is 1.40 bits per heavy atom. The molecular formula is C14H20ClNO4. The number of aliphatic carboxylic acids is 1. The third kappa shape index (κ3) is 4.28. The normalized spacial score (nSPS) is 18.4. The molecule has 0 spiro atoms. The molecule has 1 atom stereocenters. The molecule has 1 saturated heterocycles. The van der Waals surface area contributed by atoms with Crippen LogP contribution in [0.25, 0.3) is 0 Å². The highest BCUT2D eigenvalue weighted by Gasteiger charge is 2.27. The van der Waals surface area contributed by atoms with Crippen molar-refractivity contribution in [1.82, 2.24) is 4.90 Å². The number of carboxylic acid groups (broad SMARTS) is 1. The van der Waals surface area contributed by atoms with Gasteiger partial charge in [0.25, 0.3) is 0 Å². The summed E-state index contributed by atoms with van der Waals surface area (Å²) < 4.78 is 10.9. The number of para-hydroxylation sites is 2. The largest absolute Gasteiger partial charge is 0.493 e. The highest BCUT2D eigenvalue weighted by atomic mass is 35.5. The molecule has 0 radical (unpaired) electrons. The maximum absolute atomic E-state index is 10.9. The zero-order valence-corrected chi connectivity index (χ0v) is 12.3. The highest BCUT2D eigenvalue weighted by Crippen LogP contribution is 2.25. The van der Waals surface area contributed by atoms with E-state index in [0.29, 0.717) is 18.9 Å². The molecule has 1 fully saturated rings. The van der Waals surface area contributed by atoms with Crippen molar-refractivity contribution >= 4 is 18.4 Å². The van der Waals surface area contributed by atoms with Crippen LogP contribution < -0.4 is 9.47 Å². The first-order valence-corrected chi connectivity index (χ1v) is 6.41. The zero-order valence-electron chi connectivity index (χ0n) is 11.4. The lowest BCUT2D eigenvalue weighted by molar-refractivity contribution is -0.141. The molecule has 0 aromatic heterocycles. The fourth-order valence-electron chi connectivity index (χ4n) is 2.26. The van der Waals surface area contributed by atoms with E-state index < -0.39 is 5.97 Å². The van der Waals surface area contributed by atoms with Crippen LogP contribution in [0.5, 0.6) is 11.5 Å². The Balaban J connectivity index is 0.00000200. The van der Waals surface area contributed by atoms with Gasteiger partial charge in [0.15, 0.2) is 11.5 Å². The molecule has 1 unspecified atom stereocenters. The van der Waals surface area contributed by atoms with E-state index in [-0.39, 0.29) is 18.3 Å². The smallest absolute Gasteiger partial charge is 0.307 e.